The summed E-state index contributed by atoms with van der Waals surface area (Å²) >= 11 is 0. The molecule has 3 heterocycles. The second-order valence-corrected chi connectivity index (χ2v) is 20.7. The molecule has 0 aliphatic carbocycles. The summed E-state index contributed by atoms with van der Waals surface area (Å²) in [4.78, 5) is 101. The number of aromatic hydroxyl groups is 1. The Kier molecular flexibility index (Phi) is 25.9. The molecule has 3 aliphatic heterocycles. The fourth-order valence-corrected chi connectivity index (χ4v) is 10.0. The van der Waals surface area contributed by atoms with E-state index in [1.54, 1.807) is 6.92 Å². The minimum atomic E-state index is -1.98. The number of amides is 7. The SMILES string of the molecule is CCCCCCCCCCCCCCCC(=O)N[C@H]1C[C@@H](O)CNC(=O)[C@@H]2[C@@H](O)[C@@H](C)CN2C(=O)[C@H]([C@H](O)CCN)NC(=O)[C@H]([C@H](O)Cc2ccc(O)c(OC)c2)NC(=O)[C@@H]2C[C@@H](O)CN2C(=O)[C@H]([C@@H](C)O)NC1=O. The van der Waals surface area contributed by atoms with E-state index >= 15 is 0 Å². The van der Waals surface area contributed by atoms with Crippen molar-refractivity contribution < 1.29 is 74.0 Å². The number of ether oxygens (including phenoxy) is 1. The van der Waals surface area contributed by atoms with Crippen molar-refractivity contribution in [1.82, 2.24) is 36.4 Å². The average molecular weight is 1060 g/mol. The predicted molar refractivity (Wildman–Crippen MR) is 274 cm³/mol. The molecule has 1 aromatic rings. The van der Waals surface area contributed by atoms with Crippen molar-refractivity contribution in [1.29, 1.82) is 0 Å². The Morgan fingerprint density at radius 3 is 1.93 bits per heavy atom. The zero-order chi connectivity index (χ0) is 55.4. The number of β-amino-alcohol motifs (C(OH)–C–C–N with tert-alkyl or cyclic N) is 1. The van der Waals surface area contributed by atoms with Gasteiger partial charge in [-0.25, -0.2) is 0 Å². The lowest BCUT2D eigenvalue weighted by molar-refractivity contribution is -0.147. The number of carbonyl (C=O) groups excluding carboxylic acids is 7. The maximum atomic E-state index is 14.5. The topological polar surface area (TPSA) is 363 Å². The first kappa shape index (κ1) is 62.4. The number of methoxy groups -OCH3 is 1. The lowest BCUT2D eigenvalue weighted by Crippen LogP contribution is -2.64. The van der Waals surface area contributed by atoms with Crippen LogP contribution in [0.3, 0.4) is 0 Å². The average Bonchev–Trinajstić information content (AvgIpc) is 3.91. The van der Waals surface area contributed by atoms with Crippen LogP contribution in [0.5, 0.6) is 11.5 Å². The highest BCUT2D eigenvalue weighted by Gasteiger charge is 2.49. The van der Waals surface area contributed by atoms with Gasteiger partial charge in [-0.1, -0.05) is 97.0 Å². The third-order valence-electron chi connectivity index (χ3n) is 14.4. The zero-order valence-corrected chi connectivity index (χ0v) is 44.2. The van der Waals surface area contributed by atoms with Crippen LogP contribution in [0.2, 0.25) is 0 Å². The third kappa shape index (κ3) is 18.5. The van der Waals surface area contributed by atoms with Crippen LogP contribution in [-0.4, -0.2) is 193 Å². The first-order chi connectivity index (χ1) is 35.7. The van der Waals surface area contributed by atoms with E-state index in [0.717, 1.165) is 41.9 Å². The van der Waals surface area contributed by atoms with Gasteiger partial charge in [0.2, 0.25) is 41.4 Å². The van der Waals surface area contributed by atoms with Gasteiger partial charge in [-0.3, -0.25) is 33.6 Å². The van der Waals surface area contributed by atoms with E-state index in [0.29, 0.717) is 12.0 Å². The van der Waals surface area contributed by atoms with Gasteiger partial charge in [-0.2, -0.15) is 0 Å². The summed E-state index contributed by atoms with van der Waals surface area (Å²) in [7, 11) is 1.29. The first-order valence-corrected chi connectivity index (χ1v) is 27.0. The number of benzene rings is 1. The highest BCUT2D eigenvalue weighted by atomic mass is 16.5. The summed E-state index contributed by atoms with van der Waals surface area (Å²) < 4.78 is 5.18. The Hall–Kier alpha value is -5.17. The van der Waals surface area contributed by atoms with E-state index in [9.17, 15) is 69.3 Å². The third-order valence-corrected chi connectivity index (χ3v) is 14.4. The second-order valence-electron chi connectivity index (χ2n) is 20.7. The van der Waals surface area contributed by atoms with E-state index in [4.69, 9.17) is 10.5 Å². The monoisotopic (exact) mass is 1060 g/mol. The highest BCUT2D eigenvalue weighted by molar-refractivity contribution is 5.98. The van der Waals surface area contributed by atoms with Gasteiger partial charge in [0.15, 0.2) is 11.5 Å². The van der Waals surface area contributed by atoms with Gasteiger partial charge < -0.3 is 82.6 Å². The maximum absolute atomic E-state index is 14.5. The lowest BCUT2D eigenvalue weighted by Gasteiger charge is -2.34. The molecular formula is C52H86N8O15. The van der Waals surface area contributed by atoms with Gasteiger partial charge in [0.1, 0.15) is 36.3 Å². The smallest absolute Gasteiger partial charge is 0.248 e. The number of hydrogen-bond acceptors (Lipinski definition) is 16. The number of phenolic OH excluding ortho intramolecular Hbond substituents is 1. The molecule has 3 saturated heterocycles. The summed E-state index contributed by atoms with van der Waals surface area (Å²) in [5.41, 5.74) is 6.06. The highest BCUT2D eigenvalue weighted by Crippen LogP contribution is 2.29. The van der Waals surface area contributed by atoms with Crippen molar-refractivity contribution in [2.24, 2.45) is 11.7 Å². The van der Waals surface area contributed by atoms with Crippen LogP contribution in [-0.2, 0) is 40.0 Å². The number of phenols is 1. The van der Waals surface area contributed by atoms with E-state index in [2.05, 4.69) is 33.5 Å². The van der Waals surface area contributed by atoms with Gasteiger partial charge in [0.25, 0.3) is 0 Å². The van der Waals surface area contributed by atoms with Crippen molar-refractivity contribution in [3.63, 3.8) is 0 Å². The molecule has 4 rings (SSSR count). The van der Waals surface area contributed by atoms with Crippen molar-refractivity contribution in [2.75, 3.05) is 33.3 Å². The number of rotatable bonds is 23. The fraction of sp³-hybridized carbons (Fsp3) is 0.750. The molecule has 0 unspecified atom stereocenters. The summed E-state index contributed by atoms with van der Waals surface area (Å²) in [5.74, 6) is -7.90. The number of nitrogens with zero attached hydrogens (tertiary/aromatic N) is 2. The zero-order valence-electron chi connectivity index (χ0n) is 44.2. The van der Waals surface area contributed by atoms with Crippen LogP contribution in [0.4, 0.5) is 0 Å². The number of aliphatic hydroxyl groups is 6. The summed E-state index contributed by atoms with van der Waals surface area (Å²) in [6.07, 6.45) is 2.94. The Morgan fingerprint density at radius 1 is 0.747 bits per heavy atom. The van der Waals surface area contributed by atoms with Crippen molar-refractivity contribution in [3.8, 4) is 11.5 Å². The molecule has 75 heavy (non-hydrogen) atoms. The van der Waals surface area contributed by atoms with Crippen LogP contribution in [0.25, 0.3) is 0 Å². The molecule has 0 aromatic heterocycles. The number of aliphatic hydroxyl groups excluding tert-OH is 6. The van der Waals surface area contributed by atoms with E-state index in [1.807, 2.05) is 0 Å². The Labute approximate surface area is 440 Å². The molecule has 13 atom stereocenters. The summed E-state index contributed by atoms with van der Waals surface area (Å²) in [6, 6.07) is -6.41. The molecule has 1 aromatic carbocycles. The molecule has 14 N–H and O–H groups in total. The second kappa shape index (κ2) is 31.1. The molecule has 23 heteroatoms. The van der Waals surface area contributed by atoms with E-state index < -0.39 is 152 Å². The largest absolute Gasteiger partial charge is 0.504 e. The first-order valence-electron chi connectivity index (χ1n) is 27.0. The molecular weight excluding hydrogens is 977 g/mol. The molecule has 424 valence electrons. The molecule has 23 nitrogen and oxygen atoms in total. The lowest BCUT2D eigenvalue weighted by atomic mass is 9.98. The Balaban J connectivity index is 1.65. The van der Waals surface area contributed by atoms with Gasteiger partial charge >= 0.3 is 0 Å². The van der Waals surface area contributed by atoms with Crippen LogP contribution in [0, 0.1) is 5.92 Å². The molecule has 3 fully saturated rings. The molecule has 0 bridgehead atoms. The maximum Gasteiger partial charge on any atom is 0.248 e. The molecule has 0 saturated carbocycles. The molecule has 0 radical (unpaired) electrons. The van der Waals surface area contributed by atoms with E-state index in [1.165, 1.54) is 77.2 Å². The molecule has 0 spiro atoms. The number of hydrogen-bond donors (Lipinski definition) is 13. The summed E-state index contributed by atoms with van der Waals surface area (Å²) in [6.45, 7) is 3.45. The van der Waals surface area contributed by atoms with Crippen LogP contribution in [0.15, 0.2) is 18.2 Å². The summed E-state index contributed by atoms with van der Waals surface area (Å²) in [5, 5.41) is 90.2. The number of nitrogens with one attached hydrogen (secondary N) is 5. The minimum absolute atomic E-state index is 0.0124. The number of unbranched alkanes of at least 4 members (excludes halogenated alkanes) is 12. The molecule has 7 amide bonds. The van der Waals surface area contributed by atoms with Gasteiger partial charge in [-0.05, 0) is 44.0 Å². The standard InChI is InChI=1S/C52H86N8O15/c1-5-6-7-8-9-10-11-12-13-14-15-16-17-18-41(67)55-35-25-33(62)27-54-50(72)45-46(68)30(2)28-60(45)52(74)44(38(65)21-22-53)58-49(71)43(39(66)23-32-19-20-37(64)40(24-32)75-4)57-48(70)36-26-34(63)29-59(36)51(73)42(31(3)61)56-47(35)69/h19-20,24,30-31,33-36,38-39,42-46,61-66,68H,5-18,21-23,25-29,53H2,1-4H3,(H,54,72)(H,55,67)(H,56,69)(H,57,70)(H,58,71)/t30-,31+,33+,34+,35-,36-,38+,39+,42-,43-,44-,45-,46-/m0/s1. The normalized spacial score (nSPS) is 27.7. The number of carbonyl (C=O) groups is 7. The van der Waals surface area contributed by atoms with Crippen molar-refractivity contribution in [2.45, 2.75) is 209 Å². The van der Waals surface area contributed by atoms with Gasteiger partial charge in [-0.15, -0.1) is 0 Å². The van der Waals surface area contributed by atoms with Crippen LogP contribution in [0.1, 0.15) is 135 Å². The Morgan fingerprint density at radius 2 is 1.33 bits per heavy atom. The minimum Gasteiger partial charge on any atom is -0.504 e. The quantitative estimate of drug-likeness (QED) is 0.0577. The predicted octanol–water partition coefficient (Wildman–Crippen LogP) is -1.13. The van der Waals surface area contributed by atoms with Crippen LogP contribution >= 0.6 is 0 Å². The Bertz CT molecular complexity index is 2030. The van der Waals surface area contributed by atoms with Crippen molar-refractivity contribution >= 4 is 41.4 Å². The molecule has 3 aliphatic rings. The van der Waals surface area contributed by atoms with Gasteiger partial charge in [0.05, 0.1) is 43.7 Å². The van der Waals surface area contributed by atoms with Crippen molar-refractivity contribution in [3.05, 3.63) is 23.8 Å². The van der Waals surface area contributed by atoms with Gasteiger partial charge in [0, 0.05) is 51.2 Å². The number of nitrogens with two attached hydrogens (primary N) is 1. The fourth-order valence-electron chi connectivity index (χ4n) is 10.0. The van der Waals surface area contributed by atoms with Crippen LogP contribution < -0.4 is 37.1 Å². The number of fused-ring (bicyclic) bond motifs is 2. The van der Waals surface area contributed by atoms with E-state index in [-0.39, 0.29) is 37.4 Å².